The number of fused-ring (bicyclic) bond motifs is 2. The number of nitrogens with zero attached hydrogens (tertiary/aromatic N) is 1. The second kappa shape index (κ2) is 5.43. The van der Waals surface area contributed by atoms with Gasteiger partial charge in [-0.05, 0) is 30.4 Å². The summed E-state index contributed by atoms with van der Waals surface area (Å²) in [6, 6.07) is 8.49. The minimum Gasteiger partial charge on any atom is -0.389 e. The van der Waals surface area contributed by atoms with Gasteiger partial charge >= 0.3 is 0 Å². The van der Waals surface area contributed by atoms with E-state index in [2.05, 4.69) is 24.3 Å². The molecule has 0 aliphatic heterocycles. The number of amides is 1. The maximum Gasteiger partial charge on any atom is 0.226 e. The molecule has 1 fully saturated rings. The number of methoxy groups -OCH3 is 1. The standard InChI is InChI=1S/C17H23NO3/c1-18(10-13(19)11-21-2)16(20)15-9-17(15)8-7-12-5-3-4-6-14(12)17/h3-6,13,15,19H,7-11H2,1-2H3/t13-,15-,17-/m1/s1. The quantitative estimate of drug-likeness (QED) is 0.890. The van der Waals surface area contributed by atoms with E-state index >= 15 is 0 Å². The third-order valence-corrected chi connectivity index (χ3v) is 4.99. The minimum atomic E-state index is -0.616. The van der Waals surface area contributed by atoms with E-state index in [1.807, 2.05) is 0 Å². The Bertz CT molecular complexity index is 545. The molecule has 1 aromatic carbocycles. The molecule has 0 heterocycles. The number of likely N-dealkylation sites (N-methyl/N-ethyl adjacent to an activating group) is 1. The van der Waals surface area contributed by atoms with Crippen molar-refractivity contribution in [2.24, 2.45) is 5.92 Å². The fourth-order valence-electron chi connectivity index (χ4n) is 3.84. The Morgan fingerprint density at radius 2 is 2.29 bits per heavy atom. The summed E-state index contributed by atoms with van der Waals surface area (Å²) in [5.41, 5.74) is 2.85. The van der Waals surface area contributed by atoms with Crippen LogP contribution in [0.3, 0.4) is 0 Å². The molecule has 1 N–H and O–H groups in total. The molecule has 2 aliphatic carbocycles. The Kier molecular flexibility index (Phi) is 3.76. The van der Waals surface area contributed by atoms with Crippen molar-refractivity contribution >= 4 is 5.91 Å². The number of aryl methyl sites for hydroxylation is 1. The number of aliphatic hydroxyl groups excluding tert-OH is 1. The van der Waals surface area contributed by atoms with E-state index in [0.29, 0.717) is 6.54 Å². The average Bonchev–Trinajstić information content (AvgIpc) is 3.08. The van der Waals surface area contributed by atoms with Crippen LogP contribution < -0.4 is 0 Å². The first-order valence-electron chi connectivity index (χ1n) is 7.59. The summed E-state index contributed by atoms with van der Waals surface area (Å²) < 4.78 is 4.91. The molecule has 3 atom stereocenters. The van der Waals surface area contributed by atoms with Crippen LogP contribution in [0.15, 0.2) is 24.3 Å². The van der Waals surface area contributed by atoms with Gasteiger partial charge in [-0.15, -0.1) is 0 Å². The zero-order valence-corrected chi connectivity index (χ0v) is 12.7. The summed E-state index contributed by atoms with van der Waals surface area (Å²) >= 11 is 0. The predicted molar refractivity (Wildman–Crippen MR) is 80.1 cm³/mol. The molecule has 0 radical (unpaired) electrons. The van der Waals surface area contributed by atoms with Crippen molar-refractivity contribution in [3.05, 3.63) is 35.4 Å². The Hall–Kier alpha value is -1.39. The molecule has 0 saturated heterocycles. The lowest BCUT2D eigenvalue weighted by Crippen LogP contribution is -2.38. The Balaban J connectivity index is 1.67. The molecular formula is C17H23NO3. The van der Waals surface area contributed by atoms with E-state index in [1.165, 1.54) is 11.1 Å². The lowest BCUT2D eigenvalue weighted by molar-refractivity contribution is -0.133. The van der Waals surface area contributed by atoms with Gasteiger partial charge in [0.05, 0.1) is 12.7 Å². The number of rotatable bonds is 5. The van der Waals surface area contributed by atoms with E-state index in [-0.39, 0.29) is 23.8 Å². The summed E-state index contributed by atoms with van der Waals surface area (Å²) in [6.45, 7) is 0.594. The predicted octanol–water partition coefficient (Wildman–Crippen LogP) is 1.36. The largest absolute Gasteiger partial charge is 0.389 e. The fourth-order valence-corrected chi connectivity index (χ4v) is 3.84. The first kappa shape index (κ1) is 14.5. The van der Waals surface area contributed by atoms with Crippen molar-refractivity contribution in [1.29, 1.82) is 0 Å². The van der Waals surface area contributed by atoms with E-state index in [1.54, 1.807) is 19.1 Å². The van der Waals surface area contributed by atoms with Gasteiger partial charge in [-0.1, -0.05) is 24.3 Å². The number of hydrogen-bond donors (Lipinski definition) is 1. The summed E-state index contributed by atoms with van der Waals surface area (Å²) in [5.74, 6) is 0.239. The number of aliphatic hydroxyl groups is 1. The van der Waals surface area contributed by atoms with Gasteiger partial charge in [0.15, 0.2) is 0 Å². The van der Waals surface area contributed by atoms with Gasteiger partial charge < -0.3 is 14.7 Å². The van der Waals surface area contributed by atoms with Gasteiger partial charge in [-0.25, -0.2) is 0 Å². The van der Waals surface area contributed by atoms with Crippen LogP contribution in [-0.4, -0.2) is 49.3 Å². The van der Waals surface area contributed by atoms with Crippen molar-refractivity contribution < 1.29 is 14.6 Å². The molecule has 4 nitrogen and oxygen atoms in total. The molecule has 1 saturated carbocycles. The fraction of sp³-hybridized carbons (Fsp3) is 0.588. The monoisotopic (exact) mass is 289 g/mol. The number of hydrogen-bond acceptors (Lipinski definition) is 3. The topological polar surface area (TPSA) is 49.8 Å². The Morgan fingerprint density at radius 1 is 1.52 bits per heavy atom. The molecule has 114 valence electrons. The normalized spacial score (nSPS) is 27.5. The van der Waals surface area contributed by atoms with E-state index in [0.717, 1.165) is 19.3 Å². The summed E-state index contributed by atoms with van der Waals surface area (Å²) in [5, 5.41) is 9.77. The third-order valence-electron chi connectivity index (χ3n) is 4.99. The van der Waals surface area contributed by atoms with E-state index in [4.69, 9.17) is 4.74 Å². The maximum absolute atomic E-state index is 12.6. The van der Waals surface area contributed by atoms with Gasteiger partial charge in [0.1, 0.15) is 0 Å². The summed E-state index contributed by atoms with van der Waals surface area (Å²) in [6.07, 6.45) is 2.50. The van der Waals surface area contributed by atoms with Gasteiger partial charge in [-0.2, -0.15) is 0 Å². The molecule has 2 aliphatic rings. The second-order valence-electron chi connectivity index (χ2n) is 6.40. The molecule has 4 heteroatoms. The zero-order chi connectivity index (χ0) is 15.0. The van der Waals surface area contributed by atoms with Crippen LogP contribution in [0.5, 0.6) is 0 Å². The van der Waals surface area contributed by atoms with Crippen molar-refractivity contribution in [1.82, 2.24) is 4.90 Å². The average molecular weight is 289 g/mol. The lowest BCUT2D eigenvalue weighted by Gasteiger charge is -2.22. The SMILES string of the molecule is COC[C@H](O)CN(C)C(=O)[C@H]1C[C@@]12CCc1ccccc12. The first-order valence-corrected chi connectivity index (χ1v) is 7.59. The van der Waals surface area contributed by atoms with Gasteiger partial charge in [0.25, 0.3) is 0 Å². The van der Waals surface area contributed by atoms with Crippen LogP contribution in [0.2, 0.25) is 0 Å². The van der Waals surface area contributed by atoms with Crippen LogP contribution in [0.25, 0.3) is 0 Å². The van der Waals surface area contributed by atoms with Gasteiger partial charge in [-0.3, -0.25) is 4.79 Å². The van der Waals surface area contributed by atoms with E-state index in [9.17, 15) is 9.90 Å². The highest BCUT2D eigenvalue weighted by Crippen LogP contribution is 2.61. The molecule has 0 bridgehead atoms. The van der Waals surface area contributed by atoms with Crippen LogP contribution >= 0.6 is 0 Å². The maximum atomic E-state index is 12.6. The highest BCUT2D eigenvalue weighted by Gasteiger charge is 2.61. The molecule has 3 rings (SSSR count). The Morgan fingerprint density at radius 3 is 3.05 bits per heavy atom. The van der Waals surface area contributed by atoms with Crippen molar-refractivity contribution in [2.75, 3.05) is 27.3 Å². The van der Waals surface area contributed by atoms with Crippen LogP contribution in [0.4, 0.5) is 0 Å². The molecule has 1 amide bonds. The smallest absolute Gasteiger partial charge is 0.226 e. The van der Waals surface area contributed by atoms with E-state index < -0.39 is 6.10 Å². The van der Waals surface area contributed by atoms with Gasteiger partial charge in [0, 0.05) is 32.0 Å². The molecule has 1 spiro atoms. The molecule has 0 unspecified atom stereocenters. The van der Waals surface area contributed by atoms with Crippen molar-refractivity contribution in [3.63, 3.8) is 0 Å². The molecule has 21 heavy (non-hydrogen) atoms. The summed E-state index contributed by atoms with van der Waals surface area (Å²) in [4.78, 5) is 14.2. The number of carbonyl (C=O) groups excluding carboxylic acids is 1. The highest BCUT2D eigenvalue weighted by atomic mass is 16.5. The summed E-state index contributed by atoms with van der Waals surface area (Å²) in [7, 11) is 3.32. The van der Waals surface area contributed by atoms with Gasteiger partial charge in [0.2, 0.25) is 5.91 Å². The first-order chi connectivity index (χ1) is 10.1. The lowest BCUT2D eigenvalue weighted by atomic mass is 9.95. The molecule has 0 aromatic heterocycles. The zero-order valence-electron chi connectivity index (χ0n) is 12.7. The van der Waals surface area contributed by atoms with Crippen molar-refractivity contribution in [2.45, 2.75) is 30.8 Å². The molecular weight excluding hydrogens is 266 g/mol. The number of benzene rings is 1. The highest BCUT2D eigenvalue weighted by molar-refractivity contribution is 5.85. The van der Waals surface area contributed by atoms with Crippen molar-refractivity contribution in [3.8, 4) is 0 Å². The van der Waals surface area contributed by atoms with Crippen LogP contribution in [-0.2, 0) is 21.4 Å². The third kappa shape index (κ3) is 2.47. The Labute approximate surface area is 125 Å². The molecule has 1 aromatic rings. The van der Waals surface area contributed by atoms with Crippen LogP contribution in [0, 0.1) is 5.92 Å². The second-order valence-corrected chi connectivity index (χ2v) is 6.40. The van der Waals surface area contributed by atoms with Crippen LogP contribution in [0.1, 0.15) is 24.0 Å². The number of carbonyl (C=O) groups is 1. The number of ether oxygens (including phenoxy) is 1. The minimum absolute atomic E-state index is 0.0775.